The Morgan fingerprint density at radius 3 is 2.38 bits per heavy atom. The summed E-state index contributed by atoms with van der Waals surface area (Å²) in [6.45, 7) is 4.53. The van der Waals surface area contributed by atoms with Gasteiger partial charge in [0.1, 0.15) is 11.6 Å². The van der Waals surface area contributed by atoms with E-state index in [-0.39, 0.29) is 12.0 Å². The highest BCUT2D eigenvalue weighted by Gasteiger charge is 2.12. The minimum absolute atomic E-state index is 0.123. The number of hydrogen-bond acceptors (Lipinski definition) is 2. The molecule has 0 fully saturated rings. The molecule has 0 amide bonds. The van der Waals surface area contributed by atoms with Gasteiger partial charge < -0.3 is 5.32 Å². The molecule has 0 radical (unpaired) electrons. The van der Waals surface area contributed by atoms with Crippen LogP contribution < -0.4 is 5.32 Å². The number of para-hydroxylation sites is 1. The number of anilines is 1. The predicted molar refractivity (Wildman–Crippen MR) is 94.4 cm³/mol. The zero-order valence-electron chi connectivity index (χ0n) is 13.9. The topological polar surface area (TPSA) is 24.9 Å². The summed E-state index contributed by atoms with van der Waals surface area (Å²) >= 11 is 0. The molecule has 0 aliphatic heterocycles. The van der Waals surface area contributed by atoms with Crippen LogP contribution in [0.15, 0.2) is 42.5 Å². The Morgan fingerprint density at radius 2 is 1.67 bits per heavy atom. The Bertz CT molecular complexity index is 855. The Labute approximate surface area is 140 Å². The monoisotopic (exact) mass is 326 g/mol. The van der Waals surface area contributed by atoms with E-state index < -0.39 is 11.6 Å². The Balaban J connectivity index is 1.90. The summed E-state index contributed by atoms with van der Waals surface area (Å²) in [7, 11) is 0. The van der Waals surface area contributed by atoms with Gasteiger partial charge in [-0.2, -0.15) is 0 Å². The van der Waals surface area contributed by atoms with Crippen LogP contribution in [0, 0.1) is 18.6 Å². The van der Waals surface area contributed by atoms with Crippen molar-refractivity contribution in [3.63, 3.8) is 0 Å². The maximum atomic E-state index is 13.8. The maximum absolute atomic E-state index is 13.8. The van der Waals surface area contributed by atoms with Crippen LogP contribution in [0.2, 0.25) is 0 Å². The normalized spacial score (nSPS) is 11.0. The van der Waals surface area contributed by atoms with Gasteiger partial charge in [0.15, 0.2) is 0 Å². The lowest BCUT2D eigenvalue weighted by molar-refractivity contribution is 0.557. The van der Waals surface area contributed by atoms with E-state index in [9.17, 15) is 8.78 Å². The van der Waals surface area contributed by atoms with E-state index in [1.54, 1.807) is 0 Å². The lowest BCUT2D eigenvalue weighted by Gasteiger charge is -2.16. The van der Waals surface area contributed by atoms with Gasteiger partial charge in [-0.3, -0.25) is 4.98 Å². The molecular formula is C20H20F2N2. The molecule has 3 aromatic rings. The van der Waals surface area contributed by atoms with Crippen molar-refractivity contribution < 1.29 is 8.78 Å². The summed E-state index contributed by atoms with van der Waals surface area (Å²) in [6, 6.07) is 11.9. The highest BCUT2D eigenvalue weighted by atomic mass is 19.1. The number of hydrogen-bond donors (Lipinski definition) is 1. The van der Waals surface area contributed by atoms with E-state index in [0.717, 1.165) is 34.3 Å². The molecule has 1 N–H and O–H groups in total. The zero-order valence-corrected chi connectivity index (χ0v) is 13.9. The molecule has 4 heteroatoms. The van der Waals surface area contributed by atoms with Crippen LogP contribution in [0.25, 0.3) is 10.9 Å². The molecule has 1 aromatic heterocycles. The minimum atomic E-state index is -0.497. The van der Waals surface area contributed by atoms with Crippen molar-refractivity contribution >= 4 is 16.6 Å². The van der Waals surface area contributed by atoms with Gasteiger partial charge in [-0.15, -0.1) is 0 Å². The van der Waals surface area contributed by atoms with Gasteiger partial charge in [0.05, 0.1) is 5.52 Å². The Kier molecular flexibility index (Phi) is 4.74. The van der Waals surface area contributed by atoms with Gasteiger partial charge in [0.25, 0.3) is 0 Å². The van der Waals surface area contributed by atoms with Crippen LogP contribution in [-0.2, 0) is 12.8 Å². The lowest BCUT2D eigenvalue weighted by atomic mass is 10.0. The van der Waals surface area contributed by atoms with Crippen molar-refractivity contribution in [3.8, 4) is 0 Å². The first-order valence-corrected chi connectivity index (χ1v) is 8.16. The number of rotatable bonds is 5. The quantitative estimate of drug-likeness (QED) is 0.710. The first-order chi connectivity index (χ1) is 11.6. The molecule has 24 heavy (non-hydrogen) atoms. The van der Waals surface area contributed by atoms with Gasteiger partial charge in [-0.25, -0.2) is 8.78 Å². The molecule has 0 aliphatic rings. The Morgan fingerprint density at radius 1 is 0.958 bits per heavy atom. The van der Waals surface area contributed by atoms with E-state index in [0.29, 0.717) is 6.54 Å². The largest absolute Gasteiger partial charge is 0.384 e. The molecule has 0 saturated carbocycles. The first kappa shape index (κ1) is 16.4. The number of aromatic nitrogens is 1. The zero-order chi connectivity index (χ0) is 17.1. The van der Waals surface area contributed by atoms with Crippen LogP contribution in [0.1, 0.15) is 23.7 Å². The van der Waals surface area contributed by atoms with Crippen LogP contribution in [-0.4, -0.2) is 11.5 Å². The number of nitrogens with zero attached hydrogens (tertiary/aromatic N) is 1. The van der Waals surface area contributed by atoms with Crippen molar-refractivity contribution in [2.45, 2.75) is 26.7 Å². The number of halogens is 2. The Hall–Kier alpha value is -2.49. The summed E-state index contributed by atoms with van der Waals surface area (Å²) in [5.41, 5.74) is 4.18. The van der Waals surface area contributed by atoms with E-state index in [4.69, 9.17) is 0 Å². The van der Waals surface area contributed by atoms with Crippen LogP contribution in [0.3, 0.4) is 0 Å². The third-order valence-corrected chi connectivity index (χ3v) is 4.29. The average molecular weight is 326 g/mol. The molecule has 0 unspecified atom stereocenters. The molecule has 3 rings (SSSR count). The summed E-state index contributed by atoms with van der Waals surface area (Å²) in [5.74, 6) is -0.994. The SMILES string of the molecule is CCc1c(C)nc2ccccc2c1NCCc1c(F)cccc1F. The van der Waals surface area contributed by atoms with Crippen LogP contribution in [0.5, 0.6) is 0 Å². The molecule has 124 valence electrons. The van der Waals surface area contributed by atoms with Crippen molar-refractivity contribution in [1.29, 1.82) is 0 Å². The van der Waals surface area contributed by atoms with Gasteiger partial charge in [0.2, 0.25) is 0 Å². The molecule has 0 bridgehead atoms. The molecule has 0 spiro atoms. The average Bonchev–Trinajstić information content (AvgIpc) is 2.57. The fourth-order valence-electron chi connectivity index (χ4n) is 3.09. The van der Waals surface area contributed by atoms with Gasteiger partial charge in [0, 0.05) is 28.9 Å². The van der Waals surface area contributed by atoms with Gasteiger partial charge in [-0.1, -0.05) is 31.2 Å². The third kappa shape index (κ3) is 3.09. The number of fused-ring (bicyclic) bond motifs is 1. The standard InChI is InChI=1S/C20H20F2N2/c1-3-14-13(2)24-19-10-5-4-7-16(19)20(14)23-12-11-15-17(21)8-6-9-18(15)22/h4-10H,3,11-12H2,1-2H3,(H,23,24). The van der Waals surface area contributed by atoms with E-state index >= 15 is 0 Å². The molecule has 2 nitrogen and oxygen atoms in total. The fourth-order valence-corrected chi connectivity index (χ4v) is 3.09. The minimum Gasteiger partial charge on any atom is -0.384 e. The number of benzene rings is 2. The lowest BCUT2D eigenvalue weighted by Crippen LogP contribution is -2.11. The van der Waals surface area contributed by atoms with Gasteiger partial charge >= 0.3 is 0 Å². The number of aryl methyl sites for hydroxylation is 1. The van der Waals surface area contributed by atoms with Gasteiger partial charge in [-0.05, 0) is 43.5 Å². The second kappa shape index (κ2) is 6.95. The van der Waals surface area contributed by atoms with Crippen LogP contribution >= 0.6 is 0 Å². The molecule has 2 aromatic carbocycles. The fraction of sp³-hybridized carbons (Fsp3) is 0.250. The summed E-state index contributed by atoms with van der Waals surface area (Å²) in [5, 5.41) is 4.41. The van der Waals surface area contributed by atoms with Crippen molar-refractivity contribution in [2.75, 3.05) is 11.9 Å². The summed E-state index contributed by atoms with van der Waals surface area (Å²) < 4.78 is 27.5. The maximum Gasteiger partial charge on any atom is 0.129 e. The van der Waals surface area contributed by atoms with E-state index in [2.05, 4.69) is 17.2 Å². The first-order valence-electron chi connectivity index (χ1n) is 8.16. The molecular weight excluding hydrogens is 306 g/mol. The molecule has 0 saturated heterocycles. The summed E-state index contributed by atoms with van der Waals surface area (Å²) in [4.78, 5) is 4.64. The third-order valence-electron chi connectivity index (χ3n) is 4.29. The smallest absolute Gasteiger partial charge is 0.129 e. The van der Waals surface area contributed by atoms with Crippen LogP contribution in [0.4, 0.5) is 14.5 Å². The van der Waals surface area contributed by atoms with Crippen molar-refractivity contribution in [2.24, 2.45) is 0 Å². The predicted octanol–water partition coefficient (Wildman–Crippen LogP) is 5.04. The van der Waals surface area contributed by atoms with Crippen molar-refractivity contribution in [3.05, 3.63) is 70.9 Å². The second-order valence-corrected chi connectivity index (χ2v) is 5.80. The van der Waals surface area contributed by atoms with E-state index in [1.165, 1.54) is 18.2 Å². The molecule has 0 atom stereocenters. The summed E-state index contributed by atoms with van der Waals surface area (Å²) in [6.07, 6.45) is 1.14. The highest BCUT2D eigenvalue weighted by Crippen LogP contribution is 2.29. The number of pyridine rings is 1. The van der Waals surface area contributed by atoms with E-state index in [1.807, 2.05) is 31.2 Å². The molecule has 0 aliphatic carbocycles. The second-order valence-electron chi connectivity index (χ2n) is 5.80. The number of nitrogens with one attached hydrogen (secondary N) is 1. The molecule has 1 heterocycles. The highest BCUT2D eigenvalue weighted by molar-refractivity contribution is 5.93. The van der Waals surface area contributed by atoms with Crippen molar-refractivity contribution in [1.82, 2.24) is 4.98 Å².